The number of aromatic nitrogens is 1. The summed E-state index contributed by atoms with van der Waals surface area (Å²) < 4.78 is 0. The van der Waals surface area contributed by atoms with E-state index in [2.05, 4.69) is 40.7 Å². The molecule has 0 spiro atoms. The first kappa shape index (κ1) is 13.5. The number of hydrazine groups is 1. The van der Waals surface area contributed by atoms with Crippen LogP contribution in [0.5, 0.6) is 0 Å². The van der Waals surface area contributed by atoms with Gasteiger partial charge in [-0.05, 0) is 41.0 Å². The zero-order chi connectivity index (χ0) is 14.8. The van der Waals surface area contributed by atoms with Crippen LogP contribution in [-0.4, -0.2) is 4.98 Å². The van der Waals surface area contributed by atoms with Crippen LogP contribution in [0.1, 0.15) is 22.7 Å². The Balaban J connectivity index is 2.11. The van der Waals surface area contributed by atoms with Gasteiger partial charge in [0.1, 0.15) is 5.82 Å². The summed E-state index contributed by atoms with van der Waals surface area (Å²) in [7, 11) is 0. The minimum atomic E-state index is -0.179. The van der Waals surface area contributed by atoms with Gasteiger partial charge in [-0.1, -0.05) is 36.4 Å². The Morgan fingerprint density at radius 1 is 1.05 bits per heavy atom. The van der Waals surface area contributed by atoms with Gasteiger partial charge < -0.3 is 5.73 Å². The Bertz CT molecular complexity index is 783. The Morgan fingerprint density at radius 3 is 2.57 bits per heavy atom. The molecule has 1 aromatic heterocycles. The smallest absolute Gasteiger partial charge is 0.128 e. The van der Waals surface area contributed by atoms with Crippen molar-refractivity contribution in [2.75, 3.05) is 5.73 Å². The molecule has 0 aliphatic heterocycles. The average Bonchev–Trinajstić information content (AvgIpc) is 2.51. The fourth-order valence-electron chi connectivity index (χ4n) is 2.59. The number of rotatable bonds is 3. The van der Waals surface area contributed by atoms with Crippen LogP contribution in [0.25, 0.3) is 10.8 Å². The van der Waals surface area contributed by atoms with Gasteiger partial charge in [0.05, 0.1) is 6.04 Å². The first-order valence-electron chi connectivity index (χ1n) is 6.86. The van der Waals surface area contributed by atoms with Crippen molar-refractivity contribution in [2.24, 2.45) is 5.84 Å². The van der Waals surface area contributed by atoms with E-state index in [1.807, 2.05) is 25.1 Å². The molecule has 0 aliphatic rings. The molecule has 0 saturated heterocycles. The number of hydrogen-bond acceptors (Lipinski definition) is 4. The number of nitrogens with zero attached hydrogens (tertiary/aromatic N) is 1. The minimum Gasteiger partial charge on any atom is -0.383 e. The van der Waals surface area contributed by atoms with Crippen molar-refractivity contribution in [1.29, 1.82) is 0 Å². The summed E-state index contributed by atoms with van der Waals surface area (Å²) in [6.45, 7) is 1.99. The number of anilines is 1. The third kappa shape index (κ3) is 2.59. The van der Waals surface area contributed by atoms with E-state index in [0.29, 0.717) is 5.82 Å². The van der Waals surface area contributed by atoms with Gasteiger partial charge >= 0.3 is 0 Å². The molecular formula is C17H18N4. The summed E-state index contributed by atoms with van der Waals surface area (Å²) in [5.41, 5.74) is 11.9. The Labute approximate surface area is 123 Å². The molecule has 3 rings (SSSR count). The van der Waals surface area contributed by atoms with E-state index in [4.69, 9.17) is 11.6 Å². The molecule has 0 fully saturated rings. The van der Waals surface area contributed by atoms with E-state index < -0.39 is 0 Å². The summed E-state index contributed by atoms with van der Waals surface area (Å²) in [5, 5.41) is 2.38. The van der Waals surface area contributed by atoms with E-state index in [-0.39, 0.29) is 6.04 Å². The molecule has 106 valence electrons. The molecule has 4 nitrogen and oxygen atoms in total. The van der Waals surface area contributed by atoms with Crippen LogP contribution in [0.4, 0.5) is 5.82 Å². The summed E-state index contributed by atoms with van der Waals surface area (Å²) in [4.78, 5) is 4.22. The van der Waals surface area contributed by atoms with E-state index in [1.54, 1.807) is 6.20 Å². The lowest BCUT2D eigenvalue weighted by Gasteiger charge is -2.19. The van der Waals surface area contributed by atoms with Crippen molar-refractivity contribution in [3.05, 3.63) is 71.4 Å². The molecule has 1 heterocycles. The average molecular weight is 278 g/mol. The molecule has 1 unspecified atom stereocenters. The zero-order valence-electron chi connectivity index (χ0n) is 11.9. The number of benzene rings is 2. The zero-order valence-corrected chi connectivity index (χ0v) is 11.9. The Hall–Kier alpha value is -2.43. The largest absolute Gasteiger partial charge is 0.383 e. The maximum absolute atomic E-state index is 6.01. The molecular weight excluding hydrogens is 260 g/mol. The first-order valence-corrected chi connectivity index (χ1v) is 6.86. The molecule has 0 amide bonds. The number of aryl methyl sites for hydroxylation is 1. The number of nitrogen functional groups attached to an aromatic ring is 1. The van der Waals surface area contributed by atoms with Gasteiger partial charge in [-0.25, -0.2) is 10.4 Å². The van der Waals surface area contributed by atoms with Crippen molar-refractivity contribution in [3.63, 3.8) is 0 Å². The van der Waals surface area contributed by atoms with Crippen molar-refractivity contribution < 1.29 is 0 Å². The molecule has 0 radical (unpaired) electrons. The lowest BCUT2D eigenvalue weighted by Crippen LogP contribution is -2.29. The second kappa shape index (κ2) is 5.52. The van der Waals surface area contributed by atoms with Crippen LogP contribution in [0, 0.1) is 6.92 Å². The highest BCUT2D eigenvalue weighted by Crippen LogP contribution is 2.28. The molecule has 0 aliphatic carbocycles. The van der Waals surface area contributed by atoms with Crippen molar-refractivity contribution >= 4 is 16.6 Å². The van der Waals surface area contributed by atoms with Gasteiger partial charge in [0.15, 0.2) is 0 Å². The highest BCUT2D eigenvalue weighted by molar-refractivity contribution is 5.83. The third-order valence-electron chi connectivity index (χ3n) is 3.67. The highest BCUT2D eigenvalue weighted by atomic mass is 15.2. The van der Waals surface area contributed by atoms with Crippen molar-refractivity contribution in [3.8, 4) is 0 Å². The molecule has 21 heavy (non-hydrogen) atoms. The standard InChI is InChI=1S/C17H18N4/c1-11-8-15(17(18)20-10-11)16(21-19)14-7-6-12-4-2-3-5-13(12)9-14/h2-10,16,21H,19H2,1H3,(H2,18,20). The lowest BCUT2D eigenvalue weighted by atomic mass is 9.96. The van der Waals surface area contributed by atoms with Gasteiger partial charge in [-0.2, -0.15) is 0 Å². The fourth-order valence-corrected chi connectivity index (χ4v) is 2.59. The van der Waals surface area contributed by atoms with E-state index >= 15 is 0 Å². The summed E-state index contributed by atoms with van der Waals surface area (Å²) in [6, 6.07) is 16.4. The van der Waals surface area contributed by atoms with Crippen LogP contribution in [-0.2, 0) is 0 Å². The summed E-state index contributed by atoms with van der Waals surface area (Å²) in [6.07, 6.45) is 1.76. The molecule has 4 heteroatoms. The van der Waals surface area contributed by atoms with Crippen LogP contribution in [0.3, 0.4) is 0 Å². The van der Waals surface area contributed by atoms with Crippen LogP contribution in [0.15, 0.2) is 54.7 Å². The summed E-state index contributed by atoms with van der Waals surface area (Å²) in [5.74, 6) is 6.26. The SMILES string of the molecule is Cc1cnc(N)c(C(NN)c2ccc3ccccc3c2)c1. The second-order valence-electron chi connectivity index (χ2n) is 5.19. The second-order valence-corrected chi connectivity index (χ2v) is 5.19. The number of nitrogens with one attached hydrogen (secondary N) is 1. The van der Waals surface area contributed by atoms with E-state index in [1.165, 1.54) is 10.8 Å². The van der Waals surface area contributed by atoms with E-state index in [9.17, 15) is 0 Å². The predicted octanol–water partition coefficient (Wildman–Crippen LogP) is 2.68. The third-order valence-corrected chi connectivity index (χ3v) is 3.67. The van der Waals surface area contributed by atoms with Crippen molar-refractivity contribution in [1.82, 2.24) is 10.4 Å². The van der Waals surface area contributed by atoms with Crippen molar-refractivity contribution in [2.45, 2.75) is 13.0 Å². The van der Waals surface area contributed by atoms with Gasteiger partial charge in [-0.15, -0.1) is 0 Å². The van der Waals surface area contributed by atoms with Crippen LogP contribution in [0.2, 0.25) is 0 Å². The van der Waals surface area contributed by atoms with Gasteiger partial charge in [0.25, 0.3) is 0 Å². The van der Waals surface area contributed by atoms with Crippen LogP contribution < -0.4 is 17.0 Å². The monoisotopic (exact) mass is 278 g/mol. The first-order chi connectivity index (χ1) is 10.2. The molecule has 3 aromatic rings. The number of nitrogens with two attached hydrogens (primary N) is 2. The number of pyridine rings is 1. The number of hydrogen-bond donors (Lipinski definition) is 3. The number of fused-ring (bicyclic) bond motifs is 1. The molecule has 2 aromatic carbocycles. The molecule has 0 bridgehead atoms. The fraction of sp³-hybridized carbons (Fsp3) is 0.118. The maximum Gasteiger partial charge on any atom is 0.128 e. The Kier molecular flexibility index (Phi) is 3.56. The molecule has 5 N–H and O–H groups in total. The quantitative estimate of drug-likeness (QED) is 0.508. The lowest BCUT2D eigenvalue weighted by molar-refractivity contribution is 0.637. The van der Waals surface area contributed by atoms with Gasteiger partial charge in [0.2, 0.25) is 0 Å². The summed E-state index contributed by atoms with van der Waals surface area (Å²) >= 11 is 0. The molecule has 0 saturated carbocycles. The predicted molar refractivity (Wildman–Crippen MR) is 86.5 cm³/mol. The Morgan fingerprint density at radius 2 is 1.81 bits per heavy atom. The minimum absolute atomic E-state index is 0.179. The van der Waals surface area contributed by atoms with Crippen LogP contribution >= 0.6 is 0 Å². The van der Waals surface area contributed by atoms with Gasteiger partial charge in [-0.3, -0.25) is 5.84 Å². The topological polar surface area (TPSA) is 77.0 Å². The normalized spacial score (nSPS) is 12.5. The molecule has 1 atom stereocenters. The van der Waals surface area contributed by atoms with E-state index in [0.717, 1.165) is 16.7 Å². The maximum atomic E-state index is 6.01. The highest BCUT2D eigenvalue weighted by Gasteiger charge is 2.16. The van der Waals surface area contributed by atoms with Gasteiger partial charge in [0, 0.05) is 11.8 Å².